The molecule has 0 amide bonds. The number of aliphatic hydroxyl groups excluding tert-OH is 1. The van der Waals surface area contributed by atoms with E-state index >= 15 is 0 Å². The van der Waals surface area contributed by atoms with Crippen LogP contribution < -0.4 is 10.4 Å². The van der Waals surface area contributed by atoms with Crippen LogP contribution in [0.15, 0.2) is 60.7 Å². The first-order valence-electron chi connectivity index (χ1n) is 9.93. The zero-order valence-corrected chi connectivity index (χ0v) is 17.9. The van der Waals surface area contributed by atoms with E-state index in [1.807, 2.05) is 0 Å². The van der Waals surface area contributed by atoms with Gasteiger partial charge in [-0.3, -0.25) is 0 Å². The molecule has 1 heterocycles. The van der Waals surface area contributed by atoms with Crippen molar-refractivity contribution < 1.29 is 14.3 Å². The van der Waals surface area contributed by atoms with E-state index < -0.39 is 8.32 Å². The number of ether oxygens (including phenoxy) is 1. The van der Waals surface area contributed by atoms with Crippen LogP contribution >= 0.6 is 0 Å². The summed E-state index contributed by atoms with van der Waals surface area (Å²) < 4.78 is 12.5. The Morgan fingerprint density at radius 1 is 0.963 bits per heavy atom. The van der Waals surface area contributed by atoms with Crippen LogP contribution in [-0.2, 0) is 9.16 Å². The maximum Gasteiger partial charge on any atom is 0.261 e. The van der Waals surface area contributed by atoms with Crippen molar-refractivity contribution in [2.75, 3.05) is 6.61 Å². The number of epoxide rings is 1. The number of benzene rings is 2. The first-order chi connectivity index (χ1) is 12.9. The van der Waals surface area contributed by atoms with Crippen molar-refractivity contribution >= 4 is 18.7 Å². The summed E-state index contributed by atoms with van der Waals surface area (Å²) in [5, 5.41) is 11.8. The zero-order chi connectivity index (χ0) is 19.5. The highest BCUT2D eigenvalue weighted by Crippen LogP contribution is 2.38. The lowest BCUT2D eigenvalue weighted by Crippen LogP contribution is -2.67. The summed E-state index contributed by atoms with van der Waals surface area (Å²) in [5.41, 5.74) is 0. The largest absolute Gasteiger partial charge is 0.405 e. The second kappa shape index (κ2) is 8.27. The molecule has 27 heavy (non-hydrogen) atoms. The second-order valence-electron chi connectivity index (χ2n) is 8.56. The average molecular weight is 385 g/mol. The molecular formula is C23H32O3Si. The van der Waals surface area contributed by atoms with Crippen molar-refractivity contribution in [2.45, 2.75) is 63.9 Å². The van der Waals surface area contributed by atoms with Gasteiger partial charge in [0.25, 0.3) is 8.32 Å². The molecule has 1 aliphatic heterocycles. The van der Waals surface area contributed by atoms with Crippen LogP contribution in [0.3, 0.4) is 0 Å². The third-order valence-corrected chi connectivity index (χ3v) is 10.7. The van der Waals surface area contributed by atoms with Gasteiger partial charge in [-0.15, -0.1) is 0 Å². The second-order valence-corrected chi connectivity index (χ2v) is 12.8. The van der Waals surface area contributed by atoms with Crippen molar-refractivity contribution in [1.29, 1.82) is 0 Å². The summed E-state index contributed by atoms with van der Waals surface area (Å²) in [5.74, 6) is 0. The molecule has 0 aliphatic carbocycles. The molecule has 0 aromatic heterocycles. The lowest BCUT2D eigenvalue weighted by atomic mass is 10.1. The maximum atomic E-state index is 9.18. The molecule has 3 nitrogen and oxygen atoms in total. The number of aliphatic hydroxyl groups is 1. The standard InChI is InChI=1S/C23H32O3Si/c1-18(15-16-21-22(17-24)25-21)26-27(23(2,3)4,19-11-7-5-8-12-19)20-13-9-6-10-14-20/h5-14,18,21-22,24H,15-17H2,1-4H3/t18-,21-,22-/m0/s1. The highest BCUT2D eigenvalue weighted by atomic mass is 28.4. The van der Waals surface area contributed by atoms with E-state index in [9.17, 15) is 5.11 Å². The molecule has 2 aromatic rings. The molecule has 3 rings (SSSR count). The van der Waals surface area contributed by atoms with Crippen LogP contribution in [0.1, 0.15) is 40.5 Å². The van der Waals surface area contributed by atoms with Crippen molar-refractivity contribution in [2.24, 2.45) is 0 Å². The van der Waals surface area contributed by atoms with Crippen LogP contribution in [0.25, 0.3) is 0 Å². The highest BCUT2D eigenvalue weighted by molar-refractivity contribution is 6.99. The summed E-state index contributed by atoms with van der Waals surface area (Å²) in [6, 6.07) is 21.5. The normalized spacial score (nSPS) is 21.1. The maximum absolute atomic E-state index is 9.18. The van der Waals surface area contributed by atoms with Crippen LogP contribution in [0.4, 0.5) is 0 Å². The van der Waals surface area contributed by atoms with Gasteiger partial charge in [-0.05, 0) is 35.2 Å². The number of rotatable bonds is 8. The Bertz CT molecular complexity index is 672. The van der Waals surface area contributed by atoms with Crippen LogP contribution in [0.5, 0.6) is 0 Å². The van der Waals surface area contributed by atoms with Crippen LogP contribution in [-0.4, -0.2) is 38.3 Å². The average Bonchev–Trinajstić information content (AvgIpc) is 3.43. The molecule has 1 fully saturated rings. The Hall–Kier alpha value is -1.46. The summed E-state index contributed by atoms with van der Waals surface area (Å²) in [7, 11) is -2.48. The fraction of sp³-hybridized carbons (Fsp3) is 0.478. The van der Waals surface area contributed by atoms with Crippen LogP contribution in [0, 0.1) is 0 Å². The third kappa shape index (κ3) is 4.35. The minimum atomic E-state index is -2.48. The molecule has 0 unspecified atom stereocenters. The SMILES string of the molecule is C[C@@H](CC[C@@H]1O[C@H]1CO)O[Si](c1ccccc1)(c1ccccc1)C(C)(C)C. The fourth-order valence-corrected chi connectivity index (χ4v) is 8.78. The minimum absolute atomic E-state index is 0.00627. The molecule has 1 N–H and O–H groups in total. The zero-order valence-electron chi connectivity index (χ0n) is 16.9. The summed E-state index contributed by atoms with van der Waals surface area (Å²) >= 11 is 0. The first kappa shape index (κ1) is 20.3. The van der Waals surface area contributed by atoms with Gasteiger partial charge in [0.1, 0.15) is 6.10 Å². The van der Waals surface area contributed by atoms with Gasteiger partial charge in [-0.2, -0.15) is 0 Å². The Kier molecular flexibility index (Phi) is 6.21. The first-order valence-corrected chi connectivity index (χ1v) is 11.8. The van der Waals surface area contributed by atoms with E-state index in [0.29, 0.717) is 0 Å². The van der Waals surface area contributed by atoms with E-state index in [0.717, 1.165) is 12.8 Å². The van der Waals surface area contributed by atoms with Gasteiger partial charge in [0, 0.05) is 6.10 Å². The van der Waals surface area contributed by atoms with Gasteiger partial charge in [0.05, 0.1) is 12.7 Å². The Morgan fingerprint density at radius 2 is 1.48 bits per heavy atom. The summed E-state index contributed by atoms with van der Waals surface area (Å²) in [6.07, 6.45) is 2.22. The lowest BCUT2D eigenvalue weighted by Gasteiger charge is -2.44. The van der Waals surface area contributed by atoms with Gasteiger partial charge in [-0.25, -0.2) is 0 Å². The molecule has 146 valence electrons. The van der Waals surface area contributed by atoms with Gasteiger partial charge in [-0.1, -0.05) is 81.4 Å². The fourth-order valence-electron chi connectivity index (χ4n) is 4.04. The Balaban J connectivity index is 1.91. The van der Waals surface area contributed by atoms with Crippen molar-refractivity contribution in [3.05, 3.63) is 60.7 Å². The smallest absolute Gasteiger partial charge is 0.261 e. The molecular weight excluding hydrogens is 352 g/mol. The number of hydrogen-bond donors (Lipinski definition) is 1. The van der Waals surface area contributed by atoms with Crippen molar-refractivity contribution in [3.63, 3.8) is 0 Å². The molecule has 0 radical (unpaired) electrons. The minimum Gasteiger partial charge on any atom is -0.405 e. The van der Waals surface area contributed by atoms with Crippen molar-refractivity contribution in [1.82, 2.24) is 0 Å². The molecule has 4 heteroatoms. The van der Waals surface area contributed by atoms with E-state index in [2.05, 4.69) is 88.4 Å². The van der Waals surface area contributed by atoms with Crippen LogP contribution in [0.2, 0.25) is 5.04 Å². The molecule has 2 aromatic carbocycles. The van der Waals surface area contributed by atoms with E-state index in [-0.39, 0.29) is 30.0 Å². The Morgan fingerprint density at radius 3 is 1.89 bits per heavy atom. The molecule has 0 saturated carbocycles. The quantitative estimate of drug-likeness (QED) is 0.560. The van der Waals surface area contributed by atoms with E-state index in [4.69, 9.17) is 9.16 Å². The number of hydrogen-bond acceptors (Lipinski definition) is 3. The molecule has 1 aliphatic rings. The van der Waals surface area contributed by atoms with E-state index in [1.165, 1.54) is 10.4 Å². The molecule has 3 atom stereocenters. The summed E-state index contributed by atoms with van der Waals surface area (Å²) in [6.45, 7) is 9.21. The molecule has 0 spiro atoms. The highest BCUT2D eigenvalue weighted by Gasteiger charge is 2.51. The van der Waals surface area contributed by atoms with Gasteiger partial charge in [0.2, 0.25) is 0 Å². The van der Waals surface area contributed by atoms with Crippen molar-refractivity contribution in [3.8, 4) is 0 Å². The topological polar surface area (TPSA) is 42.0 Å². The van der Waals surface area contributed by atoms with Gasteiger partial charge < -0.3 is 14.3 Å². The third-order valence-electron chi connectivity index (χ3n) is 5.52. The predicted octanol–water partition coefficient (Wildman–Crippen LogP) is 3.49. The Labute approximate surface area is 164 Å². The molecule has 1 saturated heterocycles. The van der Waals surface area contributed by atoms with Gasteiger partial charge in [0.15, 0.2) is 0 Å². The predicted molar refractivity (Wildman–Crippen MR) is 113 cm³/mol. The summed E-state index contributed by atoms with van der Waals surface area (Å²) in [4.78, 5) is 0. The lowest BCUT2D eigenvalue weighted by molar-refractivity contribution is 0.188. The van der Waals surface area contributed by atoms with Gasteiger partial charge >= 0.3 is 0 Å². The molecule has 0 bridgehead atoms. The monoisotopic (exact) mass is 384 g/mol. The van der Waals surface area contributed by atoms with E-state index in [1.54, 1.807) is 0 Å².